The number of carbonyl (C=O) groups excluding carboxylic acids is 1. The Bertz CT molecular complexity index is 771. The highest BCUT2D eigenvalue weighted by atomic mass is 32.1. The van der Waals surface area contributed by atoms with Crippen LogP contribution < -0.4 is 0 Å². The Labute approximate surface area is 123 Å². The molecular weight excluding hydrogens is 294 g/mol. The third-order valence-corrected chi connectivity index (χ3v) is 4.72. The average Bonchev–Trinajstić information content (AvgIpc) is 3.08. The fourth-order valence-corrected chi connectivity index (χ4v) is 3.83. The molecule has 0 bridgehead atoms. The third kappa shape index (κ3) is 2.13. The molecule has 0 unspecified atom stereocenters. The van der Waals surface area contributed by atoms with Crippen LogP contribution in [0, 0.1) is 0 Å². The van der Waals surface area contributed by atoms with Gasteiger partial charge in [0.25, 0.3) is 5.91 Å². The van der Waals surface area contributed by atoms with Crippen LogP contribution in [0.25, 0.3) is 15.3 Å². The number of imidazole rings is 1. The van der Waals surface area contributed by atoms with E-state index in [4.69, 9.17) is 5.11 Å². The van der Waals surface area contributed by atoms with E-state index in [-0.39, 0.29) is 12.5 Å². The van der Waals surface area contributed by atoms with Crippen molar-refractivity contribution in [2.45, 2.75) is 0 Å². The summed E-state index contributed by atoms with van der Waals surface area (Å²) in [4.78, 5) is 20.9. The predicted octanol–water partition coefficient (Wildman–Crippen LogP) is 2.23. The Morgan fingerprint density at radius 2 is 2.45 bits per heavy atom. The van der Waals surface area contributed by atoms with Crippen molar-refractivity contribution in [3.8, 4) is 0 Å². The van der Waals surface area contributed by atoms with Crippen LogP contribution in [0.15, 0.2) is 30.3 Å². The van der Waals surface area contributed by atoms with Crippen LogP contribution in [-0.4, -0.2) is 45.0 Å². The van der Waals surface area contributed by atoms with Gasteiger partial charge in [0, 0.05) is 24.7 Å². The first kappa shape index (κ1) is 13.3. The molecule has 7 heteroatoms. The zero-order chi connectivity index (χ0) is 14.1. The van der Waals surface area contributed by atoms with Gasteiger partial charge >= 0.3 is 0 Å². The van der Waals surface area contributed by atoms with Crippen molar-refractivity contribution in [3.63, 3.8) is 0 Å². The molecule has 0 saturated heterocycles. The van der Waals surface area contributed by atoms with E-state index >= 15 is 0 Å². The number of rotatable bonds is 5. The first-order chi connectivity index (χ1) is 9.74. The molecular formula is C13H13N3O2S2. The molecule has 3 aromatic rings. The first-order valence-electron chi connectivity index (χ1n) is 6.10. The van der Waals surface area contributed by atoms with Crippen LogP contribution in [0.5, 0.6) is 0 Å². The van der Waals surface area contributed by atoms with Crippen LogP contribution in [-0.2, 0) is 0 Å². The van der Waals surface area contributed by atoms with Gasteiger partial charge in [-0.3, -0.25) is 9.20 Å². The van der Waals surface area contributed by atoms with E-state index in [2.05, 4.69) is 11.6 Å². The Hall–Kier alpha value is -1.70. The summed E-state index contributed by atoms with van der Waals surface area (Å²) in [5, 5.41) is 11.0. The molecule has 0 aliphatic rings. The van der Waals surface area contributed by atoms with E-state index in [1.807, 2.05) is 22.0 Å². The van der Waals surface area contributed by atoms with E-state index in [1.165, 1.54) is 11.3 Å². The molecule has 5 nitrogen and oxygen atoms in total. The Kier molecular flexibility index (Phi) is 3.56. The van der Waals surface area contributed by atoms with Crippen LogP contribution >= 0.6 is 22.7 Å². The fourth-order valence-electron chi connectivity index (χ4n) is 2.06. The van der Waals surface area contributed by atoms with Gasteiger partial charge in [-0.25, -0.2) is 4.98 Å². The molecule has 0 aliphatic heterocycles. The molecule has 20 heavy (non-hydrogen) atoms. The Morgan fingerprint density at radius 3 is 3.20 bits per heavy atom. The maximum absolute atomic E-state index is 12.4. The summed E-state index contributed by atoms with van der Waals surface area (Å²) in [5.41, 5.74) is 0.956. The van der Waals surface area contributed by atoms with Crippen molar-refractivity contribution < 1.29 is 9.90 Å². The molecule has 3 heterocycles. The van der Waals surface area contributed by atoms with Gasteiger partial charge in [0.2, 0.25) is 0 Å². The molecule has 3 aromatic heterocycles. The van der Waals surface area contributed by atoms with E-state index in [9.17, 15) is 4.79 Å². The summed E-state index contributed by atoms with van der Waals surface area (Å²) in [7, 11) is 0. The molecule has 1 N–H and O–H groups in total. The minimum Gasteiger partial charge on any atom is -0.395 e. The SMILES string of the molecule is C=CCN(CCO)C(=O)c1cc2c(nc3sccn32)s1. The number of thiophene rings is 1. The number of thiazole rings is 1. The van der Waals surface area contributed by atoms with Crippen LogP contribution in [0.3, 0.4) is 0 Å². The summed E-state index contributed by atoms with van der Waals surface area (Å²) >= 11 is 2.95. The van der Waals surface area contributed by atoms with Crippen LogP contribution in [0.4, 0.5) is 0 Å². The summed E-state index contributed by atoms with van der Waals surface area (Å²) in [6, 6.07) is 1.86. The molecule has 0 fully saturated rings. The lowest BCUT2D eigenvalue weighted by Gasteiger charge is -2.18. The molecule has 104 valence electrons. The predicted molar refractivity (Wildman–Crippen MR) is 81.6 cm³/mol. The van der Waals surface area contributed by atoms with Crippen molar-refractivity contribution in [2.24, 2.45) is 0 Å². The molecule has 0 aliphatic carbocycles. The summed E-state index contributed by atoms with van der Waals surface area (Å²) in [6.45, 7) is 4.31. The van der Waals surface area contributed by atoms with Gasteiger partial charge in [0.15, 0.2) is 4.96 Å². The van der Waals surface area contributed by atoms with Gasteiger partial charge in [-0.1, -0.05) is 6.08 Å². The molecule has 0 atom stereocenters. The van der Waals surface area contributed by atoms with Gasteiger partial charge in [0.05, 0.1) is 17.0 Å². The van der Waals surface area contributed by atoms with Crippen molar-refractivity contribution >= 4 is 43.9 Å². The second kappa shape index (κ2) is 5.35. The largest absolute Gasteiger partial charge is 0.395 e. The second-order valence-corrected chi connectivity index (χ2v) is 6.14. The van der Waals surface area contributed by atoms with E-state index < -0.39 is 0 Å². The minimum atomic E-state index is -0.0917. The standard InChI is InChI=1S/C13H13N3O2S2/c1-2-3-15(4-6-17)12(18)10-8-9-11(20-10)14-13-16(9)5-7-19-13/h2,5,7-8,17H,1,3-4,6H2. The lowest BCUT2D eigenvalue weighted by molar-refractivity contribution is 0.0747. The zero-order valence-electron chi connectivity index (χ0n) is 10.7. The van der Waals surface area contributed by atoms with Gasteiger partial charge < -0.3 is 10.0 Å². The topological polar surface area (TPSA) is 57.8 Å². The highest BCUT2D eigenvalue weighted by molar-refractivity contribution is 7.21. The van der Waals surface area contributed by atoms with Crippen molar-refractivity contribution in [2.75, 3.05) is 19.7 Å². The number of amides is 1. The maximum atomic E-state index is 12.4. The van der Waals surface area contributed by atoms with Gasteiger partial charge in [-0.05, 0) is 6.07 Å². The number of carbonyl (C=O) groups is 1. The first-order valence-corrected chi connectivity index (χ1v) is 7.80. The minimum absolute atomic E-state index is 0.0571. The zero-order valence-corrected chi connectivity index (χ0v) is 12.3. The maximum Gasteiger partial charge on any atom is 0.264 e. The van der Waals surface area contributed by atoms with Crippen LogP contribution in [0.1, 0.15) is 9.67 Å². The quantitative estimate of drug-likeness (QED) is 0.735. The smallest absolute Gasteiger partial charge is 0.264 e. The molecule has 0 aromatic carbocycles. The van der Waals surface area contributed by atoms with Crippen LogP contribution in [0.2, 0.25) is 0 Å². The molecule has 0 radical (unpaired) electrons. The average molecular weight is 307 g/mol. The summed E-state index contributed by atoms with van der Waals surface area (Å²) in [5.74, 6) is -0.0917. The summed E-state index contributed by atoms with van der Waals surface area (Å²) < 4.78 is 1.98. The molecule has 3 rings (SSSR count). The lowest BCUT2D eigenvalue weighted by atomic mass is 10.3. The van der Waals surface area contributed by atoms with E-state index in [1.54, 1.807) is 22.3 Å². The second-order valence-electron chi connectivity index (χ2n) is 4.23. The number of aliphatic hydroxyl groups is 1. The highest BCUT2D eigenvalue weighted by Gasteiger charge is 2.19. The number of aromatic nitrogens is 2. The number of nitrogens with zero attached hydrogens (tertiary/aromatic N) is 3. The number of aliphatic hydroxyl groups excluding tert-OH is 1. The summed E-state index contributed by atoms with van der Waals surface area (Å²) in [6.07, 6.45) is 3.61. The van der Waals surface area contributed by atoms with Gasteiger partial charge in [-0.2, -0.15) is 0 Å². The molecule has 0 spiro atoms. The van der Waals surface area contributed by atoms with Gasteiger partial charge in [-0.15, -0.1) is 29.3 Å². The van der Waals surface area contributed by atoms with E-state index in [0.717, 1.165) is 15.3 Å². The highest BCUT2D eigenvalue weighted by Crippen LogP contribution is 2.28. The van der Waals surface area contributed by atoms with Crippen molar-refractivity contribution in [1.29, 1.82) is 0 Å². The number of hydrogen-bond donors (Lipinski definition) is 1. The third-order valence-electron chi connectivity index (χ3n) is 2.96. The normalized spacial score (nSPS) is 11.2. The Morgan fingerprint density at radius 1 is 1.60 bits per heavy atom. The number of fused-ring (bicyclic) bond motifs is 3. The number of hydrogen-bond acceptors (Lipinski definition) is 5. The lowest BCUT2D eigenvalue weighted by Crippen LogP contribution is -2.33. The van der Waals surface area contributed by atoms with Crippen molar-refractivity contribution in [3.05, 3.63) is 35.2 Å². The van der Waals surface area contributed by atoms with Gasteiger partial charge in [0.1, 0.15) is 4.83 Å². The van der Waals surface area contributed by atoms with Crippen molar-refractivity contribution in [1.82, 2.24) is 14.3 Å². The van der Waals surface area contributed by atoms with E-state index in [0.29, 0.717) is 18.0 Å². The molecule has 1 amide bonds. The molecule has 0 saturated carbocycles. The fraction of sp³-hybridized carbons (Fsp3) is 0.231. The Balaban J connectivity index is 1.97. The monoisotopic (exact) mass is 307 g/mol.